The van der Waals surface area contributed by atoms with E-state index in [9.17, 15) is 9.90 Å². The van der Waals surface area contributed by atoms with Gasteiger partial charge in [-0.3, -0.25) is 0 Å². The smallest absolute Gasteiger partial charge is 0.339 e. The van der Waals surface area contributed by atoms with Crippen LogP contribution in [0.5, 0.6) is 11.5 Å². The lowest BCUT2D eigenvalue weighted by molar-refractivity contribution is 0.0693. The fourth-order valence-corrected chi connectivity index (χ4v) is 4.06. The van der Waals surface area contributed by atoms with Crippen LogP contribution in [0.1, 0.15) is 34.5 Å². The molecule has 2 N–H and O–H groups in total. The summed E-state index contributed by atoms with van der Waals surface area (Å²) in [6.07, 6.45) is 0. The molecule has 0 fully saturated rings. The third kappa shape index (κ3) is 4.83. The Hall–Kier alpha value is -3.83. The van der Waals surface area contributed by atoms with Crippen molar-refractivity contribution in [2.45, 2.75) is 19.5 Å². The number of benzene rings is 4. The molecule has 4 aromatic rings. The number of rotatable bonds is 8. The van der Waals surface area contributed by atoms with Crippen molar-refractivity contribution in [3.05, 3.63) is 95.6 Å². The lowest BCUT2D eigenvalue weighted by atomic mass is 9.94. The van der Waals surface area contributed by atoms with Gasteiger partial charge < -0.3 is 19.9 Å². The van der Waals surface area contributed by atoms with Gasteiger partial charge in [0.05, 0.1) is 14.2 Å². The van der Waals surface area contributed by atoms with Crippen LogP contribution >= 0.6 is 0 Å². The number of hydrogen-bond donors (Lipinski definition) is 2. The van der Waals surface area contributed by atoms with Gasteiger partial charge in [0.25, 0.3) is 0 Å². The molecule has 0 saturated carbocycles. The third-order valence-electron chi connectivity index (χ3n) is 5.87. The van der Waals surface area contributed by atoms with Crippen LogP contribution in [0.15, 0.2) is 78.9 Å². The standard InChI is InChI=1S/C28H27NO4/c1-18(20-8-6-9-23(15-20)32-2)29-17-19-13-21-7-4-5-10-24(21)25(14-19)22-11-12-27(33-3)26(16-22)28(30)31/h4-16,18,29H,17H2,1-3H3,(H,30,31). The molecular formula is C28H27NO4. The first-order valence-electron chi connectivity index (χ1n) is 10.8. The van der Waals surface area contributed by atoms with E-state index in [0.717, 1.165) is 38.8 Å². The molecule has 0 spiro atoms. The molecule has 0 heterocycles. The van der Waals surface area contributed by atoms with Crippen molar-refractivity contribution in [3.63, 3.8) is 0 Å². The minimum absolute atomic E-state index is 0.134. The zero-order chi connectivity index (χ0) is 23.4. The number of fused-ring (bicyclic) bond motifs is 1. The Bertz CT molecular complexity index is 1300. The van der Waals surface area contributed by atoms with Crippen LogP contribution in [0, 0.1) is 0 Å². The molecule has 0 aromatic heterocycles. The number of ether oxygens (including phenoxy) is 2. The number of aromatic carboxylic acids is 1. The predicted octanol–water partition coefficient (Wildman–Crippen LogP) is 6.07. The summed E-state index contributed by atoms with van der Waals surface area (Å²) in [7, 11) is 3.15. The van der Waals surface area contributed by atoms with Crippen molar-refractivity contribution < 1.29 is 19.4 Å². The van der Waals surface area contributed by atoms with E-state index in [1.807, 2.05) is 36.4 Å². The highest BCUT2D eigenvalue weighted by Gasteiger charge is 2.15. The number of methoxy groups -OCH3 is 2. The van der Waals surface area contributed by atoms with Crippen molar-refractivity contribution >= 4 is 16.7 Å². The molecular weight excluding hydrogens is 414 g/mol. The molecule has 5 nitrogen and oxygen atoms in total. The van der Waals surface area contributed by atoms with Gasteiger partial charge in [-0.05, 0) is 76.3 Å². The van der Waals surface area contributed by atoms with Gasteiger partial charge in [0.1, 0.15) is 17.1 Å². The lowest BCUT2D eigenvalue weighted by Gasteiger charge is -2.17. The van der Waals surface area contributed by atoms with Crippen molar-refractivity contribution in [2.75, 3.05) is 14.2 Å². The van der Waals surface area contributed by atoms with Crippen LogP contribution in [0.4, 0.5) is 0 Å². The molecule has 0 amide bonds. The lowest BCUT2D eigenvalue weighted by Crippen LogP contribution is -2.18. The number of carbonyl (C=O) groups is 1. The van der Waals surface area contributed by atoms with Gasteiger partial charge in [-0.1, -0.05) is 42.5 Å². The monoisotopic (exact) mass is 441 g/mol. The molecule has 4 aromatic carbocycles. The van der Waals surface area contributed by atoms with Crippen molar-refractivity contribution in [3.8, 4) is 22.6 Å². The minimum atomic E-state index is -1.01. The zero-order valence-corrected chi connectivity index (χ0v) is 19.0. The van der Waals surface area contributed by atoms with Gasteiger partial charge in [-0.25, -0.2) is 4.79 Å². The average molecular weight is 442 g/mol. The fourth-order valence-electron chi connectivity index (χ4n) is 4.06. The third-order valence-corrected chi connectivity index (χ3v) is 5.87. The van der Waals surface area contributed by atoms with E-state index in [-0.39, 0.29) is 11.6 Å². The molecule has 0 aliphatic heterocycles. The first-order chi connectivity index (χ1) is 16.0. The molecule has 0 bridgehead atoms. The molecule has 0 aliphatic carbocycles. The molecule has 0 radical (unpaired) electrons. The van der Waals surface area contributed by atoms with E-state index in [1.54, 1.807) is 19.2 Å². The normalized spacial score (nSPS) is 11.8. The quantitative estimate of drug-likeness (QED) is 0.347. The van der Waals surface area contributed by atoms with E-state index in [0.29, 0.717) is 12.3 Å². The van der Waals surface area contributed by atoms with Gasteiger partial charge in [-0.15, -0.1) is 0 Å². The first kappa shape index (κ1) is 22.4. The number of carboxylic acid groups (broad SMARTS) is 1. The van der Waals surface area contributed by atoms with Crippen LogP contribution in [-0.2, 0) is 6.54 Å². The van der Waals surface area contributed by atoms with Gasteiger partial charge in [0, 0.05) is 12.6 Å². The summed E-state index contributed by atoms with van der Waals surface area (Å²) < 4.78 is 10.6. The Morgan fingerprint density at radius 3 is 2.52 bits per heavy atom. The summed E-state index contributed by atoms with van der Waals surface area (Å²) in [5.74, 6) is 0.173. The molecule has 168 valence electrons. The first-order valence-corrected chi connectivity index (χ1v) is 10.8. The number of nitrogens with one attached hydrogen (secondary N) is 1. The maximum absolute atomic E-state index is 11.8. The van der Waals surface area contributed by atoms with E-state index in [4.69, 9.17) is 9.47 Å². The van der Waals surface area contributed by atoms with Crippen LogP contribution in [0.2, 0.25) is 0 Å². The summed E-state index contributed by atoms with van der Waals surface area (Å²) in [5.41, 5.74) is 4.24. The highest BCUT2D eigenvalue weighted by atomic mass is 16.5. The Morgan fingerprint density at radius 1 is 0.939 bits per heavy atom. The highest BCUT2D eigenvalue weighted by Crippen LogP contribution is 2.33. The van der Waals surface area contributed by atoms with Gasteiger partial charge in [-0.2, -0.15) is 0 Å². The highest BCUT2D eigenvalue weighted by molar-refractivity contribution is 5.99. The van der Waals surface area contributed by atoms with E-state index < -0.39 is 5.97 Å². The topological polar surface area (TPSA) is 67.8 Å². The second kappa shape index (κ2) is 9.76. The number of hydrogen-bond acceptors (Lipinski definition) is 4. The molecule has 1 unspecified atom stereocenters. The fraction of sp³-hybridized carbons (Fsp3) is 0.179. The number of carboxylic acids is 1. The molecule has 0 aliphatic rings. The Labute approximate surface area is 193 Å². The molecule has 4 rings (SSSR count). The van der Waals surface area contributed by atoms with E-state index in [2.05, 4.69) is 42.6 Å². The van der Waals surface area contributed by atoms with E-state index in [1.165, 1.54) is 7.11 Å². The largest absolute Gasteiger partial charge is 0.497 e. The van der Waals surface area contributed by atoms with Crippen LogP contribution in [-0.4, -0.2) is 25.3 Å². The van der Waals surface area contributed by atoms with Crippen LogP contribution in [0.3, 0.4) is 0 Å². The van der Waals surface area contributed by atoms with Gasteiger partial charge >= 0.3 is 5.97 Å². The minimum Gasteiger partial charge on any atom is -0.497 e. The SMILES string of the molecule is COc1cccc(C(C)NCc2cc(-c3ccc(OC)c(C(=O)O)c3)c3ccccc3c2)c1. The summed E-state index contributed by atoms with van der Waals surface area (Å²) >= 11 is 0. The summed E-state index contributed by atoms with van der Waals surface area (Å²) in [5, 5.41) is 15.4. The molecule has 1 atom stereocenters. The Balaban J connectivity index is 1.69. The average Bonchev–Trinajstić information content (AvgIpc) is 2.86. The zero-order valence-electron chi connectivity index (χ0n) is 19.0. The molecule has 5 heteroatoms. The Kier molecular flexibility index (Phi) is 6.61. The summed E-state index contributed by atoms with van der Waals surface area (Å²) in [4.78, 5) is 11.8. The van der Waals surface area contributed by atoms with Crippen LogP contribution < -0.4 is 14.8 Å². The predicted molar refractivity (Wildman–Crippen MR) is 131 cm³/mol. The van der Waals surface area contributed by atoms with E-state index >= 15 is 0 Å². The second-order valence-corrected chi connectivity index (χ2v) is 7.96. The van der Waals surface area contributed by atoms with Crippen LogP contribution in [0.25, 0.3) is 21.9 Å². The maximum Gasteiger partial charge on any atom is 0.339 e. The summed E-state index contributed by atoms with van der Waals surface area (Å²) in [6, 6.07) is 25.9. The van der Waals surface area contributed by atoms with Gasteiger partial charge in [0.2, 0.25) is 0 Å². The second-order valence-electron chi connectivity index (χ2n) is 7.96. The van der Waals surface area contributed by atoms with Crippen molar-refractivity contribution in [2.24, 2.45) is 0 Å². The molecule has 0 saturated heterocycles. The maximum atomic E-state index is 11.8. The summed E-state index contributed by atoms with van der Waals surface area (Å²) in [6.45, 7) is 2.79. The van der Waals surface area contributed by atoms with Crippen molar-refractivity contribution in [1.82, 2.24) is 5.32 Å². The van der Waals surface area contributed by atoms with Crippen molar-refractivity contribution in [1.29, 1.82) is 0 Å². The van der Waals surface area contributed by atoms with Gasteiger partial charge in [0.15, 0.2) is 0 Å². The molecule has 33 heavy (non-hydrogen) atoms. The Morgan fingerprint density at radius 2 is 1.76 bits per heavy atom.